The van der Waals surface area contributed by atoms with Crippen molar-refractivity contribution >= 4 is 44.9 Å². The summed E-state index contributed by atoms with van der Waals surface area (Å²) in [7, 11) is 0. The maximum absolute atomic E-state index is 2.58. The highest BCUT2D eigenvalue weighted by Crippen LogP contribution is 2.67. The lowest BCUT2D eigenvalue weighted by molar-refractivity contribution is 0.768. The Morgan fingerprint density at radius 2 is 0.635 bits per heavy atom. The van der Waals surface area contributed by atoms with Crippen LogP contribution in [0.25, 0.3) is 44.2 Å². The predicted molar refractivity (Wildman–Crippen MR) is 307 cm³/mol. The summed E-state index contributed by atoms with van der Waals surface area (Å²) in [5.74, 6) is 0. The molecule has 0 N–H and O–H groups in total. The zero-order valence-corrected chi connectivity index (χ0v) is 40.6. The smallest absolute Gasteiger partial charge is 0.0734 e. The molecule has 12 aromatic carbocycles. The molecule has 0 saturated carbocycles. The average Bonchev–Trinajstić information content (AvgIpc) is 4.18. The van der Waals surface area contributed by atoms with Crippen LogP contribution >= 0.6 is 0 Å². The third kappa shape index (κ3) is 5.76. The van der Waals surface area contributed by atoms with E-state index in [2.05, 4.69) is 301 Å². The lowest BCUT2D eigenvalue weighted by Gasteiger charge is -2.38. The van der Waals surface area contributed by atoms with Gasteiger partial charge in [-0.25, -0.2) is 0 Å². The van der Waals surface area contributed by atoms with E-state index in [-0.39, 0.29) is 0 Å². The summed E-state index contributed by atoms with van der Waals surface area (Å²) in [6.45, 7) is 0. The van der Waals surface area contributed by atoms with E-state index < -0.39 is 10.8 Å². The Bertz CT molecular complexity index is 4050. The minimum Gasteiger partial charge on any atom is -0.310 e. The van der Waals surface area contributed by atoms with E-state index in [0.717, 1.165) is 34.1 Å². The first-order valence-electron chi connectivity index (χ1n) is 25.8. The largest absolute Gasteiger partial charge is 0.310 e. The lowest BCUT2D eigenvalue weighted by atomic mass is 9.67. The number of anilines is 6. The van der Waals surface area contributed by atoms with E-state index in [1.54, 1.807) is 0 Å². The van der Waals surface area contributed by atoms with Gasteiger partial charge >= 0.3 is 0 Å². The van der Waals surface area contributed by atoms with Gasteiger partial charge in [0, 0.05) is 33.6 Å². The highest BCUT2D eigenvalue weighted by atomic mass is 15.2. The van der Waals surface area contributed by atoms with Crippen molar-refractivity contribution in [3.63, 3.8) is 0 Å². The van der Waals surface area contributed by atoms with Gasteiger partial charge in [-0.15, -0.1) is 0 Å². The van der Waals surface area contributed by atoms with Crippen molar-refractivity contribution in [3.8, 4) is 33.4 Å². The van der Waals surface area contributed by atoms with Gasteiger partial charge in [-0.1, -0.05) is 237 Å². The molecule has 3 aliphatic carbocycles. The van der Waals surface area contributed by atoms with Crippen molar-refractivity contribution in [2.45, 2.75) is 10.8 Å². The van der Waals surface area contributed by atoms with Crippen LogP contribution in [0.1, 0.15) is 44.5 Å². The summed E-state index contributed by atoms with van der Waals surface area (Å²) in [6, 6.07) is 108. The van der Waals surface area contributed by atoms with E-state index in [0.29, 0.717) is 0 Å². The molecule has 1 unspecified atom stereocenters. The topological polar surface area (TPSA) is 6.48 Å². The monoisotopic (exact) mass is 940 g/mol. The standard InChI is InChI=1S/C72H48N2/c1-6-26-49(27-7-1)71(50-28-8-2-9-29-50)60-42-21-18-36-54(60)57-41-24-47-66(70(57)71)74(53-34-14-5-15-35-53)65-46-25-45-63-69(65)59-40-20-23-44-62(59)72(63)61-43-22-19-39-58(61)68-56-38-17-16-37-55(56)67(48-64(68)72)73(51-30-10-3-11-31-51)52-32-12-4-13-33-52/h1-48H. The second-order valence-corrected chi connectivity index (χ2v) is 19.8. The Morgan fingerprint density at radius 3 is 1.22 bits per heavy atom. The van der Waals surface area contributed by atoms with Crippen molar-refractivity contribution in [1.29, 1.82) is 0 Å². The van der Waals surface area contributed by atoms with Crippen LogP contribution in [0.15, 0.2) is 291 Å². The molecule has 0 bridgehead atoms. The first-order valence-corrected chi connectivity index (χ1v) is 25.8. The maximum atomic E-state index is 2.58. The Kier molecular flexibility index (Phi) is 9.43. The molecule has 3 aliphatic rings. The second kappa shape index (κ2) is 16.5. The summed E-state index contributed by atoms with van der Waals surface area (Å²) in [6.07, 6.45) is 0. The van der Waals surface area contributed by atoms with Gasteiger partial charge in [0.25, 0.3) is 0 Å². The minimum atomic E-state index is -0.652. The maximum Gasteiger partial charge on any atom is 0.0734 e. The zero-order valence-electron chi connectivity index (χ0n) is 40.6. The lowest BCUT2D eigenvalue weighted by Crippen LogP contribution is -2.30. The molecule has 0 aromatic heterocycles. The van der Waals surface area contributed by atoms with Crippen LogP contribution in [0.2, 0.25) is 0 Å². The summed E-state index contributed by atoms with van der Waals surface area (Å²) in [5, 5.41) is 2.45. The summed E-state index contributed by atoms with van der Waals surface area (Å²) < 4.78 is 0. The van der Waals surface area contributed by atoms with Crippen LogP contribution in [0.3, 0.4) is 0 Å². The average molecular weight is 941 g/mol. The molecular weight excluding hydrogens is 893 g/mol. The first-order chi connectivity index (χ1) is 36.8. The molecule has 15 rings (SSSR count). The van der Waals surface area contributed by atoms with Crippen LogP contribution < -0.4 is 9.80 Å². The number of para-hydroxylation sites is 3. The van der Waals surface area contributed by atoms with Crippen molar-refractivity contribution in [1.82, 2.24) is 0 Å². The molecule has 346 valence electrons. The van der Waals surface area contributed by atoms with Crippen LogP contribution in [-0.2, 0) is 10.8 Å². The molecular formula is C72H48N2. The predicted octanol–water partition coefficient (Wildman–Crippen LogP) is 18.5. The van der Waals surface area contributed by atoms with Crippen LogP contribution in [0, 0.1) is 0 Å². The van der Waals surface area contributed by atoms with Gasteiger partial charge in [0.15, 0.2) is 0 Å². The van der Waals surface area contributed by atoms with Crippen LogP contribution in [0.4, 0.5) is 34.1 Å². The quantitative estimate of drug-likeness (QED) is 0.150. The second-order valence-electron chi connectivity index (χ2n) is 19.8. The molecule has 0 fully saturated rings. The SMILES string of the molecule is c1ccc(N(c2cccc3c2-c2ccccc2C32c3ccccc3-c3c2cc(N(c2ccccc2)c2ccccc2)c2ccccc32)c2cccc3c2C(c2ccccc2)(c2ccccc2)c2ccccc2-3)cc1. The highest BCUT2D eigenvalue weighted by molar-refractivity contribution is 6.13. The zero-order chi connectivity index (χ0) is 48.8. The minimum absolute atomic E-state index is 0.626. The van der Waals surface area contributed by atoms with E-state index in [9.17, 15) is 0 Å². The third-order valence-electron chi connectivity index (χ3n) is 16.3. The number of hydrogen-bond donors (Lipinski definition) is 0. The number of hydrogen-bond acceptors (Lipinski definition) is 2. The van der Waals surface area contributed by atoms with E-state index >= 15 is 0 Å². The molecule has 0 radical (unpaired) electrons. The van der Waals surface area contributed by atoms with Crippen molar-refractivity contribution in [2.24, 2.45) is 0 Å². The molecule has 2 heteroatoms. The third-order valence-corrected chi connectivity index (χ3v) is 16.3. The highest BCUT2D eigenvalue weighted by Gasteiger charge is 2.54. The van der Waals surface area contributed by atoms with Gasteiger partial charge in [0.1, 0.15) is 0 Å². The van der Waals surface area contributed by atoms with Gasteiger partial charge in [-0.05, 0) is 127 Å². The summed E-state index contributed by atoms with van der Waals surface area (Å²) in [5.41, 5.74) is 23.3. The van der Waals surface area contributed by atoms with E-state index in [1.165, 1.54) is 88.7 Å². The number of rotatable bonds is 8. The van der Waals surface area contributed by atoms with Crippen molar-refractivity contribution in [3.05, 3.63) is 336 Å². The molecule has 74 heavy (non-hydrogen) atoms. The first kappa shape index (κ1) is 42.2. The molecule has 2 nitrogen and oxygen atoms in total. The van der Waals surface area contributed by atoms with Gasteiger partial charge in [-0.3, -0.25) is 0 Å². The van der Waals surface area contributed by atoms with E-state index in [4.69, 9.17) is 0 Å². The van der Waals surface area contributed by atoms with Gasteiger partial charge in [-0.2, -0.15) is 0 Å². The number of nitrogens with zero attached hydrogens (tertiary/aromatic N) is 2. The molecule has 0 aliphatic heterocycles. The Morgan fingerprint density at radius 1 is 0.230 bits per heavy atom. The molecule has 1 atom stereocenters. The fraction of sp³-hybridized carbons (Fsp3) is 0.0278. The van der Waals surface area contributed by atoms with Crippen LogP contribution in [-0.4, -0.2) is 0 Å². The number of benzene rings is 12. The molecule has 0 saturated heterocycles. The summed E-state index contributed by atoms with van der Waals surface area (Å²) in [4.78, 5) is 5.04. The molecule has 1 spiro atoms. The van der Waals surface area contributed by atoms with Gasteiger partial charge in [0.2, 0.25) is 0 Å². The molecule has 12 aromatic rings. The van der Waals surface area contributed by atoms with Gasteiger partial charge < -0.3 is 9.80 Å². The van der Waals surface area contributed by atoms with Crippen molar-refractivity contribution < 1.29 is 0 Å². The van der Waals surface area contributed by atoms with E-state index in [1.807, 2.05) is 0 Å². The Labute approximate surface area is 432 Å². The molecule has 0 amide bonds. The van der Waals surface area contributed by atoms with Gasteiger partial charge in [0.05, 0.1) is 27.9 Å². The fourth-order valence-electron chi connectivity index (χ4n) is 13.6. The fourth-order valence-corrected chi connectivity index (χ4v) is 13.6. The van der Waals surface area contributed by atoms with Crippen LogP contribution in [0.5, 0.6) is 0 Å². The Balaban J connectivity index is 1.05. The van der Waals surface area contributed by atoms with Crippen molar-refractivity contribution in [2.75, 3.05) is 9.80 Å². The summed E-state index contributed by atoms with van der Waals surface area (Å²) >= 11 is 0. The normalized spacial score (nSPS) is 14.9. The Hall–Kier alpha value is -9.50. The molecule has 0 heterocycles. The number of fused-ring (bicyclic) bond motifs is 15.